The van der Waals surface area contributed by atoms with Crippen molar-refractivity contribution in [1.29, 1.82) is 0 Å². The van der Waals surface area contributed by atoms with Gasteiger partial charge in [-0.15, -0.1) is 0 Å². The number of ether oxygens (including phenoxy) is 2. The fourth-order valence-electron chi connectivity index (χ4n) is 1.57. The topological polar surface area (TPSA) is 78.4 Å². The van der Waals surface area contributed by atoms with Crippen molar-refractivity contribution in [2.45, 2.75) is 13.5 Å². The lowest BCUT2D eigenvalue weighted by Crippen LogP contribution is -2.13. The van der Waals surface area contributed by atoms with E-state index in [-0.39, 0.29) is 18.0 Å². The average Bonchev–Trinajstić information content (AvgIpc) is 2.43. The molecule has 1 aromatic heterocycles. The van der Waals surface area contributed by atoms with Crippen molar-refractivity contribution in [3.8, 4) is 0 Å². The number of methoxy groups -OCH3 is 1. The molecule has 19 heavy (non-hydrogen) atoms. The summed E-state index contributed by atoms with van der Waals surface area (Å²) in [5.41, 5.74) is 1.54. The number of aromatic nitrogens is 2. The van der Waals surface area contributed by atoms with E-state index in [2.05, 4.69) is 14.7 Å². The molecule has 0 spiro atoms. The van der Waals surface area contributed by atoms with Gasteiger partial charge in [-0.1, -0.05) is 12.1 Å². The smallest absolute Gasteiger partial charge is 0.358 e. The summed E-state index contributed by atoms with van der Waals surface area (Å²) < 4.78 is 9.51. The van der Waals surface area contributed by atoms with E-state index in [9.17, 15) is 9.59 Å². The molecule has 2 aromatic rings. The van der Waals surface area contributed by atoms with Crippen LogP contribution >= 0.6 is 0 Å². The summed E-state index contributed by atoms with van der Waals surface area (Å²) in [6.07, 6.45) is 0. The summed E-state index contributed by atoms with van der Waals surface area (Å²) in [6.45, 7) is 1.17. The summed E-state index contributed by atoms with van der Waals surface area (Å²) in [4.78, 5) is 31.0. The van der Waals surface area contributed by atoms with Crippen molar-refractivity contribution in [2.75, 3.05) is 7.11 Å². The Labute approximate surface area is 109 Å². The monoisotopic (exact) mass is 260 g/mol. The third-order valence-electron chi connectivity index (χ3n) is 2.43. The van der Waals surface area contributed by atoms with Gasteiger partial charge in [0.2, 0.25) is 0 Å². The second-order valence-corrected chi connectivity index (χ2v) is 3.78. The standard InChI is InChI=1S/C13H12N2O4/c1-8(16)19-7-11-12(13(17)18-2)15-10-6-4-3-5-9(10)14-11/h3-6H,7H2,1-2H3. The fraction of sp³-hybridized carbons (Fsp3) is 0.231. The van der Waals surface area contributed by atoms with Crippen molar-refractivity contribution >= 4 is 23.0 Å². The molecule has 6 heteroatoms. The highest BCUT2D eigenvalue weighted by Gasteiger charge is 2.17. The van der Waals surface area contributed by atoms with E-state index < -0.39 is 11.9 Å². The predicted octanol–water partition coefficient (Wildman–Crippen LogP) is 1.48. The zero-order valence-corrected chi connectivity index (χ0v) is 10.5. The van der Waals surface area contributed by atoms with Crippen molar-refractivity contribution in [3.05, 3.63) is 35.7 Å². The van der Waals surface area contributed by atoms with E-state index in [0.29, 0.717) is 11.0 Å². The molecule has 0 aliphatic heterocycles. The van der Waals surface area contributed by atoms with E-state index in [1.54, 1.807) is 18.2 Å². The zero-order chi connectivity index (χ0) is 13.8. The number of benzene rings is 1. The zero-order valence-electron chi connectivity index (χ0n) is 10.5. The molecule has 0 N–H and O–H groups in total. The number of rotatable bonds is 3. The lowest BCUT2D eigenvalue weighted by atomic mass is 10.2. The minimum Gasteiger partial charge on any atom is -0.464 e. The quantitative estimate of drug-likeness (QED) is 0.778. The van der Waals surface area contributed by atoms with Gasteiger partial charge in [0.05, 0.1) is 18.1 Å². The van der Waals surface area contributed by atoms with Gasteiger partial charge in [0.25, 0.3) is 0 Å². The lowest BCUT2D eigenvalue weighted by molar-refractivity contribution is -0.142. The lowest BCUT2D eigenvalue weighted by Gasteiger charge is -2.08. The molecule has 98 valence electrons. The minimum atomic E-state index is -0.611. The first-order valence-electron chi connectivity index (χ1n) is 5.59. The Kier molecular flexibility index (Phi) is 3.70. The van der Waals surface area contributed by atoms with Crippen LogP contribution in [0.4, 0.5) is 0 Å². The molecule has 0 fully saturated rings. The van der Waals surface area contributed by atoms with Crippen LogP contribution in [0.25, 0.3) is 11.0 Å². The Balaban J connectivity index is 2.50. The highest BCUT2D eigenvalue weighted by molar-refractivity contribution is 5.91. The van der Waals surface area contributed by atoms with Gasteiger partial charge in [0.15, 0.2) is 5.69 Å². The number of carbonyl (C=O) groups is 2. The molecule has 0 atom stereocenters. The summed E-state index contributed by atoms with van der Waals surface area (Å²) >= 11 is 0. The molecular formula is C13H12N2O4. The van der Waals surface area contributed by atoms with E-state index in [4.69, 9.17) is 4.74 Å². The number of hydrogen-bond donors (Lipinski definition) is 0. The van der Waals surface area contributed by atoms with Crippen LogP contribution in [0, 0.1) is 0 Å². The predicted molar refractivity (Wildman–Crippen MR) is 66.3 cm³/mol. The Morgan fingerprint density at radius 1 is 1.16 bits per heavy atom. The maximum absolute atomic E-state index is 11.7. The van der Waals surface area contributed by atoms with E-state index in [1.165, 1.54) is 14.0 Å². The first-order valence-corrected chi connectivity index (χ1v) is 5.59. The number of nitrogens with zero attached hydrogens (tertiary/aromatic N) is 2. The van der Waals surface area contributed by atoms with Gasteiger partial charge >= 0.3 is 11.9 Å². The molecule has 0 unspecified atom stereocenters. The Morgan fingerprint density at radius 2 is 1.79 bits per heavy atom. The molecule has 2 rings (SSSR count). The van der Waals surface area contributed by atoms with Gasteiger partial charge in [0.1, 0.15) is 12.3 Å². The fourth-order valence-corrected chi connectivity index (χ4v) is 1.57. The number of hydrogen-bond acceptors (Lipinski definition) is 6. The van der Waals surface area contributed by atoms with Gasteiger partial charge in [0, 0.05) is 6.92 Å². The number of fused-ring (bicyclic) bond motifs is 1. The second kappa shape index (κ2) is 5.43. The molecule has 0 amide bonds. The third kappa shape index (κ3) is 2.85. The maximum Gasteiger partial charge on any atom is 0.358 e. The molecule has 0 aliphatic carbocycles. The van der Waals surface area contributed by atoms with Crippen molar-refractivity contribution < 1.29 is 19.1 Å². The van der Waals surface area contributed by atoms with Crippen LogP contribution in [0.15, 0.2) is 24.3 Å². The second-order valence-electron chi connectivity index (χ2n) is 3.78. The van der Waals surface area contributed by atoms with E-state index in [1.807, 2.05) is 6.07 Å². The molecule has 1 heterocycles. The Bertz CT molecular complexity index is 640. The summed E-state index contributed by atoms with van der Waals surface area (Å²) in [6, 6.07) is 7.11. The summed E-state index contributed by atoms with van der Waals surface area (Å²) in [5, 5.41) is 0. The first-order chi connectivity index (χ1) is 9.11. The molecule has 0 radical (unpaired) electrons. The van der Waals surface area contributed by atoms with Crippen LogP contribution in [-0.2, 0) is 20.9 Å². The Morgan fingerprint density at radius 3 is 2.37 bits per heavy atom. The molecule has 0 saturated carbocycles. The van der Waals surface area contributed by atoms with Crippen LogP contribution in [0.5, 0.6) is 0 Å². The van der Waals surface area contributed by atoms with Gasteiger partial charge in [-0.3, -0.25) is 4.79 Å². The van der Waals surface area contributed by atoms with Crippen LogP contribution in [-0.4, -0.2) is 29.0 Å². The number of para-hydroxylation sites is 2. The first kappa shape index (κ1) is 12.9. The van der Waals surface area contributed by atoms with Gasteiger partial charge < -0.3 is 9.47 Å². The van der Waals surface area contributed by atoms with Crippen LogP contribution < -0.4 is 0 Å². The largest absolute Gasteiger partial charge is 0.464 e. The van der Waals surface area contributed by atoms with Crippen molar-refractivity contribution in [2.24, 2.45) is 0 Å². The third-order valence-corrected chi connectivity index (χ3v) is 2.43. The average molecular weight is 260 g/mol. The maximum atomic E-state index is 11.7. The van der Waals surface area contributed by atoms with Crippen LogP contribution in [0.1, 0.15) is 23.1 Å². The molecule has 6 nitrogen and oxygen atoms in total. The van der Waals surface area contributed by atoms with Crippen LogP contribution in [0.2, 0.25) is 0 Å². The van der Waals surface area contributed by atoms with E-state index >= 15 is 0 Å². The van der Waals surface area contributed by atoms with Gasteiger partial charge in [-0.2, -0.15) is 0 Å². The SMILES string of the molecule is COC(=O)c1nc2ccccc2nc1COC(C)=O. The van der Waals surface area contributed by atoms with Crippen molar-refractivity contribution in [1.82, 2.24) is 9.97 Å². The summed E-state index contributed by atoms with van der Waals surface area (Å²) in [5.74, 6) is -1.06. The molecule has 0 bridgehead atoms. The molecular weight excluding hydrogens is 248 g/mol. The molecule has 1 aromatic carbocycles. The highest BCUT2D eigenvalue weighted by Crippen LogP contribution is 2.14. The number of carbonyl (C=O) groups excluding carboxylic acids is 2. The molecule has 0 saturated heterocycles. The summed E-state index contributed by atoms with van der Waals surface area (Å²) in [7, 11) is 1.26. The normalized spacial score (nSPS) is 10.2. The Hall–Kier alpha value is -2.50. The van der Waals surface area contributed by atoms with E-state index in [0.717, 1.165) is 0 Å². The van der Waals surface area contributed by atoms with Crippen LogP contribution in [0.3, 0.4) is 0 Å². The highest BCUT2D eigenvalue weighted by atomic mass is 16.5. The molecule has 0 aliphatic rings. The van der Waals surface area contributed by atoms with Crippen molar-refractivity contribution in [3.63, 3.8) is 0 Å². The minimum absolute atomic E-state index is 0.0578. The van der Waals surface area contributed by atoms with Gasteiger partial charge in [-0.05, 0) is 12.1 Å². The van der Waals surface area contributed by atoms with Gasteiger partial charge in [-0.25, -0.2) is 14.8 Å². The number of esters is 2.